The number of amides is 1. The lowest BCUT2D eigenvalue weighted by Gasteiger charge is -2.22. The van der Waals surface area contributed by atoms with Crippen LogP contribution in [0.5, 0.6) is 5.75 Å². The molecule has 242 valence electrons. The number of aryl methyl sites for hydroxylation is 1. The molecule has 2 aromatic carbocycles. The lowest BCUT2D eigenvalue weighted by atomic mass is 9.99. The number of carbonyl (C=O) groups excluding carboxylic acids is 1. The molecule has 0 aliphatic rings. The van der Waals surface area contributed by atoms with E-state index in [-0.39, 0.29) is 53.0 Å². The molecule has 0 radical (unpaired) electrons. The van der Waals surface area contributed by atoms with Crippen LogP contribution in [0.15, 0.2) is 46.6 Å². The zero-order valence-electron chi connectivity index (χ0n) is 25.5. The third-order valence-electron chi connectivity index (χ3n) is 6.53. The molecule has 2 aromatic heterocycles. The van der Waals surface area contributed by atoms with Crippen molar-refractivity contribution in [1.29, 1.82) is 5.26 Å². The standard InChI is InChI=1S/C31H33FN6O7S/c1-5-17-12-21(24(32)23(13-17)44-10-9-39)25(27-36-29(42)38(37-27)22-8-11-46-26(22)28(40)41)35-20-7-6-18(15-33)19(14-20)16-34-30(43)45-31(2,3)4/h6-8,11-14,25,35,39H,5,9-10,16H2,1-4H3,(H,34,43)(H,40,41)(H,36,37,42). The van der Waals surface area contributed by atoms with Gasteiger partial charge in [-0.3, -0.25) is 4.98 Å². The van der Waals surface area contributed by atoms with Gasteiger partial charge in [-0.1, -0.05) is 13.0 Å². The van der Waals surface area contributed by atoms with Crippen molar-refractivity contribution in [1.82, 2.24) is 20.1 Å². The number of aliphatic hydroxyl groups is 1. The highest BCUT2D eigenvalue weighted by molar-refractivity contribution is 7.12. The highest BCUT2D eigenvalue weighted by Crippen LogP contribution is 2.33. The molecule has 0 saturated carbocycles. The molecule has 13 nitrogen and oxygen atoms in total. The van der Waals surface area contributed by atoms with Crippen LogP contribution in [0.3, 0.4) is 0 Å². The summed E-state index contributed by atoms with van der Waals surface area (Å²) in [5.41, 5.74) is 0.344. The number of ether oxygens (including phenoxy) is 2. The van der Waals surface area contributed by atoms with Crippen molar-refractivity contribution in [2.75, 3.05) is 18.5 Å². The van der Waals surface area contributed by atoms with Crippen molar-refractivity contribution < 1.29 is 33.7 Å². The molecule has 0 spiro atoms. The number of carboxylic acids is 1. The van der Waals surface area contributed by atoms with E-state index in [9.17, 15) is 29.9 Å². The van der Waals surface area contributed by atoms with Gasteiger partial charge in [-0.25, -0.2) is 18.8 Å². The number of nitrogens with zero attached hydrogens (tertiary/aromatic N) is 3. The van der Waals surface area contributed by atoms with Crippen LogP contribution in [0.1, 0.15) is 71.5 Å². The second-order valence-corrected chi connectivity index (χ2v) is 11.9. The third-order valence-corrected chi connectivity index (χ3v) is 7.42. The summed E-state index contributed by atoms with van der Waals surface area (Å²) in [4.78, 5) is 39.7. The Morgan fingerprint density at radius 2 is 2.00 bits per heavy atom. The number of carbonyl (C=O) groups is 2. The summed E-state index contributed by atoms with van der Waals surface area (Å²) < 4.78 is 27.7. The van der Waals surface area contributed by atoms with E-state index in [4.69, 9.17) is 9.47 Å². The van der Waals surface area contributed by atoms with E-state index >= 15 is 4.39 Å². The minimum atomic E-state index is -1.24. The van der Waals surface area contributed by atoms with E-state index in [0.717, 1.165) is 16.0 Å². The zero-order valence-corrected chi connectivity index (χ0v) is 26.3. The van der Waals surface area contributed by atoms with E-state index in [2.05, 4.69) is 26.8 Å². The maximum absolute atomic E-state index is 16.1. The first-order valence-corrected chi connectivity index (χ1v) is 15.1. The van der Waals surface area contributed by atoms with Crippen molar-refractivity contribution in [3.63, 3.8) is 0 Å². The van der Waals surface area contributed by atoms with E-state index in [1.54, 1.807) is 39.0 Å². The molecule has 46 heavy (non-hydrogen) atoms. The van der Waals surface area contributed by atoms with Crippen molar-refractivity contribution >= 4 is 29.1 Å². The van der Waals surface area contributed by atoms with Gasteiger partial charge in [0.2, 0.25) is 0 Å². The molecular formula is C31H33FN6O7S. The number of nitriles is 1. The highest BCUT2D eigenvalue weighted by atomic mass is 32.1. The number of alkyl carbamates (subject to hydrolysis) is 1. The van der Waals surface area contributed by atoms with Gasteiger partial charge in [0.15, 0.2) is 17.4 Å². The first-order valence-electron chi connectivity index (χ1n) is 14.2. The Morgan fingerprint density at radius 3 is 2.65 bits per heavy atom. The Balaban J connectivity index is 1.81. The molecule has 4 aromatic rings. The van der Waals surface area contributed by atoms with Gasteiger partial charge < -0.3 is 30.3 Å². The molecule has 0 saturated heterocycles. The average molecular weight is 653 g/mol. The number of aromatic nitrogens is 3. The molecule has 5 N–H and O–H groups in total. The van der Waals surface area contributed by atoms with Gasteiger partial charge in [-0.15, -0.1) is 16.4 Å². The van der Waals surface area contributed by atoms with Crippen molar-refractivity contribution in [2.24, 2.45) is 0 Å². The predicted octanol–water partition coefficient (Wildman–Crippen LogP) is 4.49. The second kappa shape index (κ2) is 14.3. The van der Waals surface area contributed by atoms with Crippen LogP contribution < -0.4 is 21.1 Å². The number of nitrogens with one attached hydrogen (secondary N) is 3. The molecule has 1 amide bonds. The first-order chi connectivity index (χ1) is 21.8. The third kappa shape index (κ3) is 7.89. The fourth-order valence-electron chi connectivity index (χ4n) is 4.50. The highest BCUT2D eigenvalue weighted by Gasteiger charge is 2.27. The van der Waals surface area contributed by atoms with Gasteiger partial charge in [0.1, 0.15) is 23.1 Å². The van der Waals surface area contributed by atoms with Crippen LogP contribution >= 0.6 is 11.3 Å². The van der Waals surface area contributed by atoms with Crippen LogP contribution in [0.4, 0.5) is 14.9 Å². The quantitative estimate of drug-likeness (QED) is 0.146. The van der Waals surface area contributed by atoms with Gasteiger partial charge >= 0.3 is 17.8 Å². The maximum Gasteiger partial charge on any atom is 0.407 e. The Labute approximate surface area is 267 Å². The average Bonchev–Trinajstić information content (AvgIpc) is 3.64. The number of benzene rings is 2. The van der Waals surface area contributed by atoms with E-state index in [0.29, 0.717) is 23.2 Å². The monoisotopic (exact) mass is 652 g/mol. The molecule has 2 heterocycles. The zero-order chi connectivity index (χ0) is 33.6. The molecule has 1 unspecified atom stereocenters. The van der Waals surface area contributed by atoms with Crippen molar-refractivity contribution in [3.8, 4) is 17.5 Å². The number of hydrogen-bond donors (Lipinski definition) is 5. The fraction of sp³-hybridized carbons (Fsp3) is 0.323. The minimum Gasteiger partial charge on any atom is -0.488 e. The van der Waals surface area contributed by atoms with Gasteiger partial charge in [0.05, 0.1) is 23.9 Å². The summed E-state index contributed by atoms with van der Waals surface area (Å²) in [6, 6.07) is 10.1. The van der Waals surface area contributed by atoms with E-state index in [1.165, 1.54) is 23.6 Å². The summed E-state index contributed by atoms with van der Waals surface area (Å²) in [6.45, 7) is 6.46. The molecule has 0 aliphatic carbocycles. The number of hydrogen-bond acceptors (Lipinski definition) is 10. The summed E-state index contributed by atoms with van der Waals surface area (Å²) in [6.07, 6.45) is -0.187. The van der Waals surface area contributed by atoms with Crippen LogP contribution in [-0.4, -0.2) is 55.9 Å². The number of rotatable bonds is 12. The summed E-state index contributed by atoms with van der Waals surface area (Å²) in [7, 11) is 0. The topological polar surface area (TPSA) is 192 Å². The Kier molecular flexibility index (Phi) is 10.5. The minimum absolute atomic E-state index is 0.0346. The van der Waals surface area contributed by atoms with Crippen LogP contribution in [0.2, 0.25) is 0 Å². The number of H-pyrrole nitrogens is 1. The first kappa shape index (κ1) is 33.7. The number of aromatic carboxylic acids is 1. The lowest BCUT2D eigenvalue weighted by Crippen LogP contribution is -2.32. The number of thiophene rings is 1. The van der Waals surface area contributed by atoms with E-state index < -0.39 is 35.2 Å². The van der Waals surface area contributed by atoms with Gasteiger partial charge in [0, 0.05) is 17.8 Å². The number of carboxylic acid groups (broad SMARTS) is 1. The van der Waals surface area contributed by atoms with Crippen LogP contribution in [-0.2, 0) is 17.7 Å². The number of aliphatic hydroxyl groups excluding tert-OH is 1. The van der Waals surface area contributed by atoms with Gasteiger partial charge in [-0.2, -0.15) is 9.94 Å². The Morgan fingerprint density at radius 1 is 1.24 bits per heavy atom. The fourth-order valence-corrected chi connectivity index (χ4v) is 5.21. The molecule has 0 bridgehead atoms. The van der Waals surface area contributed by atoms with Crippen LogP contribution in [0, 0.1) is 17.1 Å². The molecule has 0 aliphatic heterocycles. The van der Waals surface area contributed by atoms with Gasteiger partial charge in [-0.05, 0) is 74.0 Å². The Bertz CT molecular complexity index is 1840. The normalized spacial score (nSPS) is 11.8. The van der Waals surface area contributed by atoms with Crippen molar-refractivity contribution in [2.45, 2.75) is 52.3 Å². The maximum atomic E-state index is 16.1. The summed E-state index contributed by atoms with van der Waals surface area (Å²) in [5.74, 6) is -2.19. The Hall–Kier alpha value is -5.20. The lowest BCUT2D eigenvalue weighted by molar-refractivity contribution is 0.0523. The van der Waals surface area contributed by atoms with Gasteiger partial charge in [0.25, 0.3) is 0 Å². The van der Waals surface area contributed by atoms with Crippen molar-refractivity contribution in [3.05, 3.63) is 91.0 Å². The SMILES string of the molecule is CCc1cc(OCCO)c(F)c(C(Nc2ccc(C#N)c(CNC(=O)OC(C)(C)C)c2)c2nn(-c3ccsc3C(=O)O)c(=O)[nH]2)c1. The molecule has 4 rings (SSSR count). The summed E-state index contributed by atoms with van der Waals surface area (Å²) >= 11 is 0.918. The second-order valence-electron chi connectivity index (χ2n) is 11.0. The molecule has 15 heteroatoms. The molecular weight excluding hydrogens is 619 g/mol. The van der Waals surface area contributed by atoms with E-state index in [1.807, 2.05) is 6.92 Å². The molecule has 1 atom stereocenters. The molecule has 0 fully saturated rings. The number of aromatic amines is 1. The number of halogens is 1. The largest absolute Gasteiger partial charge is 0.488 e. The number of anilines is 1. The van der Waals surface area contributed by atoms with Crippen LogP contribution in [0.25, 0.3) is 5.69 Å². The smallest absolute Gasteiger partial charge is 0.407 e. The summed E-state index contributed by atoms with van der Waals surface area (Å²) in [5, 5.41) is 40.2. The predicted molar refractivity (Wildman–Crippen MR) is 167 cm³/mol.